The van der Waals surface area contributed by atoms with Crippen LogP contribution < -0.4 is 10.1 Å². The number of urea groups is 1. The van der Waals surface area contributed by atoms with Crippen molar-refractivity contribution in [3.63, 3.8) is 0 Å². The van der Waals surface area contributed by atoms with Crippen molar-refractivity contribution in [3.05, 3.63) is 53.6 Å². The van der Waals surface area contributed by atoms with Crippen molar-refractivity contribution in [1.29, 1.82) is 0 Å². The molecule has 0 bridgehead atoms. The van der Waals surface area contributed by atoms with Gasteiger partial charge in [0, 0.05) is 19.4 Å². The molecular weight excluding hydrogens is 297 g/mol. The summed E-state index contributed by atoms with van der Waals surface area (Å²) in [7, 11) is 1.66. The summed E-state index contributed by atoms with van der Waals surface area (Å²) in [6, 6.07) is 5.93. The Labute approximate surface area is 135 Å². The molecule has 1 N–H and O–H groups in total. The molecule has 23 heavy (non-hydrogen) atoms. The number of rotatable bonds is 5. The number of anilines is 1. The van der Waals surface area contributed by atoms with Gasteiger partial charge in [-0.15, -0.1) is 0 Å². The van der Waals surface area contributed by atoms with Crippen LogP contribution in [0.3, 0.4) is 0 Å². The lowest BCUT2D eigenvalue weighted by Gasteiger charge is -2.20. The van der Waals surface area contributed by atoms with E-state index in [1.165, 1.54) is 11.0 Å². The number of amides is 2. The molecule has 0 saturated heterocycles. The molecule has 6 heteroatoms. The minimum absolute atomic E-state index is 0.183. The molecule has 2 amide bonds. The maximum Gasteiger partial charge on any atom is 0.321 e. The first-order valence-electron chi connectivity index (χ1n) is 7.29. The van der Waals surface area contributed by atoms with Crippen LogP contribution in [-0.4, -0.2) is 36.1 Å². The molecule has 1 aromatic heterocycles. The number of carbonyl (C=O) groups excluding carboxylic acids is 1. The second-order valence-electron chi connectivity index (χ2n) is 5.28. The Kier molecular flexibility index (Phi) is 5.51. The Balaban J connectivity index is 1.87. The predicted octanol–water partition coefficient (Wildman–Crippen LogP) is 3.38. The number of aryl methyl sites for hydroxylation is 2. The van der Waals surface area contributed by atoms with Gasteiger partial charge in [0.2, 0.25) is 0 Å². The largest absolute Gasteiger partial charge is 0.489 e. The van der Waals surface area contributed by atoms with Crippen LogP contribution in [-0.2, 0) is 0 Å². The minimum atomic E-state index is -0.414. The van der Waals surface area contributed by atoms with E-state index in [0.29, 0.717) is 6.54 Å². The first kappa shape index (κ1) is 16.7. The molecule has 0 aliphatic carbocycles. The minimum Gasteiger partial charge on any atom is -0.489 e. The van der Waals surface area contributed by atoms with Gasteiger partial charge in [-0.25, -0.2) is 9.18 Å². The molecule has 0 radical (unpaired) electrons. The molecule has 0 saturated carbocycles. The number of benzene rings is 1. The van der Waals surface area contributed by atoms with E-state index in [0.717, 1.165) is 16.8 Å². The summed E-state index contributed by atoms with van der Waals surface area (Å²) < 4.78 is 18.8. The first-order valence-corrected chi connectivity index (χ1v) is 7.29. The Morgan fingerprint density at radius 1 is 1.26 bits per heavy atom. The van der Waals surface area contributed by atoms with Crippen molar-refractivity contribution in [2.45, 2.75) is 13.8 Å². The monoisotopic (exact) mass is 317 g/mol. The molecule has 0 fully saturated rings. The van der Waals surface area contributed by atoms with Crippen molar-refractivity contribution in [1.82, 2.24) is 9.88 Å². The van der Waals surface area contributed by atoms with Gasteiger partial charge >= 0.3 is 6.03 Å². The highest BCUT2D eigenvalue weighted by molar-refractivity contribution is 5.90. The Bertz CT molecular complexity index is 671. The molecule has 122 valence electrons. The summed E-state index contributed by atoms with van der Waals surface area (Å²) >= 11 is 0. The van der Waals surface area contributed by atoms with Gasteiger partial charge in [0.1, 0.15) is 6.61 Å². The first-order chi connectivity index (χ1) is 11.0. The summed E-state index contributed by atoms with van der Waals surface area (Å²) in [5.41, 5.74) is 2.55. The summed E-state index contributed by atoms with van der Waals surface area (Å²) in [5, 5.41) is 2.86. The average Bonchev–Trinajstić information content (AvgIpc) is 2.52. The number of para-hydroxylation sites is 1. The summed E-state index contributed by atoms with van der Waals surface area (Å²) in [6.45, 7) is 4.32. The molecule has 0 aliphatic heterocycles. The van der Waals surface area contributed by atoms with Gasteiger partial charge in [0.25, 0.3) is 0 Å². The van der Waals surface area contributed by atoms with Gasteiger partial charge in [-0.1, -0.05) is 12.1 Å². The molecule has 0 spiro atoms. The van der Waals surface area contributed by atoms with Gasteiger partial charge < -0.3 is 15.0 Å². The van der Waals surface area contributed by atoms with Crippen molar-refractivity contribution in [3.8, 4) is 5.75 Å². The van der Waals surface area contributed by atoms with E-state index in [1.54, 1.807) is 37.6 Å². The van der Waals surface area contributed by atoms with E-state index in [-0.39, 0.29) is 18.4 Å². The van der Waals surface area contributed by atoms with E-state index in [4.69, 9.17) is 4.74 Å². The van der Waals surface area contributed by atoms with Crippen molar-refractivity contribution in [2.24, 2.45) is 0 Å². The number of hydrogen-bond acceptors (Lipinski definition) is 3. The number of nitrogens with one attached hydrogen (secondary N) is 1. The van der Waals surface area contributed by atoms with Gasteiger partial charge in [-0.2, -0.15) is 0 Å². The van der Waals surface area contributed by atoms with E-state index in [9.17, 15) is 9.18 Å². The number of nitrogens with zero attached hydrogens (tertiary/aromatic N) is 2. The number of ether oxygens (including phenoxy) is 1. The standard InChI is InChI=1S/C17H20FN3O2/c1-12-10-19-11-13(2)16(12)20-17(22)21(3)8-9-23-15-7-5-4-6-14(15)18/h4-7,10-11H,8-9H2,1-3H3,(H,19,20,22). The quantitative estimate of drug-likeness (QED) is 0.920. The van der Waals surface area contributed by atoms with Crippen LogP contribution in [0, 0.1) is 19.7 Å². The number of pyridine rings is 1. The molecule has 0 unspecified atom stereocenters. The normalized spacial score (nSPS) is 10.3. The summed E-state index contributed by atoms with van der Waals surface area (Å²) in [4.78, 5) is 17.7. The molecule has 1 heterocycles. The van der Waals surface area contributed by atoms with Crippen LogP contribution in [0.1, 0.15) is 11.1 Å². The molecule has 2 aromatic rings. The van der Waals surface area contributed by atoms with Crippen LogP contribution in [0.5, 0.6) is 5.75 Å². The molecule has 0 aliphatic rings. The van der Waals surface area contributed by atoms with Crippen LogP contribution in [0.4, 0.5) is 14.9 Å². The zero-order chi connectivity index (χ0) is 16.8. The SMILES string of the molecule is Cc1cncc(C)c1NC(=O)N(C)CCOc1ccccc1F. The van der Waals surface area contributed by atoms with E-state index < -0.39 is 5.82 Å². The summed E-state index contributed by atoms with van der Waals surface area (Å²) in [6.07, 6.45) is 3.40. The third-order valence-corrected chi connectivity index (χ3v) is 3.42. The summed E-state index contributed by atoms with van der Waals surface area (Å²) in [5.74, 6) is -0.232. The van der Waals surface area contributed by atoms with E-state index in [1.807, 2.05) is 13.8 Å². The lowest BCUT2D eigenvalue weighted by molar-refractivity contribution is 0.206. The average molecular weight is 317 g/mol. The topological polar surface area (TPSA) is 54.5 Å². The highest BCUT2D eigenvalue weighted by atomic mass is 19.1. The van der Waals surface area contributed by atoms with E-state index in [2.05, 4.69) is 10.3 Å². The van der Waals surface area contributed by atoms with Gasteiger partial charge in [-0.05, 0) is 37.1 Å². The van der Waals surface area contributed by atoms with Gasteiger partial charge in [0.15, 0.2) is 11.6 Å². The molecule has 5 nitrogen and oxygen atoms in total. The smallest absolute Gasteiger partial charge is 0.321 e. The fourth-order valence-corrected chi connectivity index (χ4v) is 2.06. The van der Waals surface area contributed by atoms with Crippen molar-refractivity contribution >= 4 is 11.7 Å². The second-order valence-corrected chi connectivity index (χ2v) is 5.28. The zero-order valence-corrected chi connectivity index (χ0v) is 13.5. The lowest BCUT2D eigenvalue weighted by Crippen LogP contribution is -2.35. The van der Waals surface area contributed by atoms with Gasteiger partial charge in [-0.3, -0.25) is 4.98 Å². The van der Waals surface area contributed by atoms with Crippen LogP contribution >= 0.6 is 0 Å². The molecule has 0 atom stereocenters. The fourth-order valence-electron chi connectivity index (χ4n) is 2.06. The number of hydrogen-bond donors (Lipinski definition) is 1. The number of likely N-dealkylation sites (N-methyl/N-ethyl adjacent to an activating group) is 1. The predicted molar refractivity (Wildman–Crippen MR) is 87.3 cm³/mol. The third kappa shape index (κ3) is 4.42. The Morgan fingerprint density at radius 3 is 2.57 bits per heavy atom. The highest BCUT2D eigenvalue weighted by Gasteiger charge is 2.12. The highest BCUT2D eigenvalue weighted by Crippen LogP contribution is 2.18. The number of halogens is 1. The zero-order valence-electron chi connectivity index (χ0n) is 13.5. The van der Waals surface area contributed by atoms with Crippen molar-refractivity contribution < 1.29 is 13.9 Å². The van der Waals surface area contributed by atoms with E-state index >= 15 is 0 Å². The van der Waals surface area contributed by atoms with Crippen LogP contribution in [0.2, 0.25) is 0 Å². The lowest BCUT2D eigenvalue weighted by atomic mass is 10.2. The maximum atomic E-state index is 13.4. The van der Waals surface area contributed by atoms with Crippen LogP contribution in [0.15, 0.2) is 36.7 Å². The second kappa shape index (κ2) is 7.58. The Morgan fingerprint density at radius 2 is 1.91 bits per heavy atom. The number of carbonyl (C=O) groups is 1. The molecule has 1 aromatic carbocycles. The molecular formula is C17H20FN3O2. The molecule has 2 rings (SSSR count). The van der Waals surface area contributed by atoms with Crippen LogP contribution in [0.25, 0.3) is 0 Å². The fraction of sp³-hybridized carbons (Fsp3) is 0.294. The Hall–Kier alpha value is -2.63. The third-order valence-electron chi connectivity index (χ3n) is 3.42. The maximum absolute atomic E-state index is 13.4. The number of aromatic nitrogens is 1. The van der Waals surface area contributed by atoms with Crippen molar-refractivity contribution in [2.75, 3.05) is 25.5 Å². The van der Waals surface area contributed by atoms with Gasteiger partial charge in [0.05, 0.1) is 12.2 Å².